The number of carbonyl (C=O) groups is 1. The largest absolute Gasteiger partial charge is 0.414 e. The van der Waals surface area contributed by atoms with Gasteiger partial charge in [-0.2, -0.15) is 13.2 Å². The molecule has 0 radical (unpaired) electrons. The summed E-state index contributed by atoms with van der Waals surface area (Å²) in [6, 6.07) is 4.28. The highest BCUT2D eigenvalue weighted by Gasteiger charge is 2.44. The van der Waals surface area contributed by atoms with E-state index in [9.17, 15) is 33.2 Å². The number of hydrogen-bond donors (Lipinski definition) is 1. The summed E-state index contributed by atoms with van der Waals surface area (Å²) in [6.07, 6.45) is -7.04. The van der Waals surface area contributed by atoms with E-state index in [0.29, 0.717) is 5.56 Å². The second kappa shape index (κ2) is 7.46. The lowest BCUT2D eigenvalue weighted by Gasteiger charge is -2.34. The van der Waals surface area contributed by atoms with Crippen LogP contribution in [0.25, 0.3) is 0 Å². The Bertz CT molecular complexity index is 720. The average molecular weight is 388 g/mol. The zero-order valence-electron chi connectivity index (χ0n) is 15.4. The predicted octanol–water partition coefficient (Wildman–Crippen LogP) is 3.67. The van der Waals surface area contributed by atoms with Gasteiger partial charge in [0.15, 0.2) is 6.10 Å². The van der Waals surface area contributed by atoms with Crippen molar-refractivity contribution in [1.29, 1.82) is 0 Å². The molecule has 1 aliphatic heterocycles. The van der Waals surface area contributed by atoms with E-state index in [-0.39, 0.29) is 37.2 Å². The van der Waals surface area contributed by atoms with Crippen molar-refractivity contribution >= 4 is 11.6 Å². The third-order valence-electron chi connectivity index (χ3n) is 4.86. The van der Waals surface area contributed by atoms with Crippen LogP contribution in [-0.4, -0.2) is 46.2 Å². The number of amides is 1. The van der Waals surface area contributed by atoms with E-state index in [2.05, 4.69) is 0 Å². The van der Waals surface area contributed by atoms with Gasteiger partial charge in [-0.05, 0) is 30.2 Å². The summed E-state index contributed by atoms with van der Waals surface area (Å²) >= 11 is 0. The van der Waals surface area contributed by atoms with Crippen molar-refractivity contribution in [3.63, 3.8) is 0 Å². The second-order valence-corrected chi connectivity index (χ2v) is 7.86. The Labute approximate surface area is 155 Å². The maximum Gasteiger partial charge on any atom is 0.414 e. The van der Waals surface area contributed by atoms with Gasteiger partial charge in [0.2, 0.25) is 0 Å². The van der Waals surface area contributed by atoms with E-state index in [4.69, 9.17) is 0 Å². The first kappa shape index (κ1) is 21.1. The average Bonchev–Trinajstić information content (AvgIpc) is 2.58. The molecule has 0 aliphatic carbocycles. The lowest BCUT2D eigenvalue weighted by Crippen LogP contribution is -2.45. The van der Waals surface area contributed by atoms with Gasteiger partial charge in [0.1, 0.15) is 0 Å². The number of piperidine rings is 1. The van der Waals surface area contributed by atoms with Crippen LogP contribution in [0.1, 0.15) is 49.5 Å². The molecule has 0 spiro atoms. The molecule has 1 aromatic carbocycles. The van der Waals surface area contributed by atoms with Gasteiger partial charge in [0.25, 0.3) is 11.6 Å². The third-order valence-corrected chi connectivity index (χ3v) is 4.86. The van der Waals surface area contributed by atoms with Crippen molar-refractivity contribution < 1.29 is 28.0 Å². The van der Waals surface area contributed by atoms with Crippen LogP contribution in [0.5, 0.6) is 0 Å². The van der Waals surface area contributed by atoms with Gasteiger partial charge in [-0.25, -0.2) is 0 Å². The molecule has 150 valence electrons. The van der Waals surface area contributed by atoms with E-state index < -0.39 is 34.4 Å². The fourth-order valence-corrected chi connectivity index (χ4v) is 3.32. The first-order valence-electron chi connectivity index (χ1n) is 8.65. The molecule has 1 fully saturated rings. The Kier molecular flexibility index (Phi) is 5.84. The molecule has 0 bridgehead atoms. The highest BCUT2D eigenvalue weighted by molar-refractivity contribution is 5.95. The van der Waals surface area contributed by atoms with E-state index in [1.807, 2.05) is 20.8 Å². The van der Waals surface area contributed by atoms with E-state index in [0.717, 1.165) is 0 Å². The van der Waals surface area contributed by atoms with Gasteiger partial charge in [-0.3, -0.25) is 14.9 Å². The van der Waals surface area contributed by atoms with Gasteiger partial charge < -0.3 is 10.0 Å². The van der Waals surface area contributed by atoms with Crippen LogP contribution in [0.3, 0.4) is 0 Å². The van der Waals surface area contributed by atoms with Crippen molar-refractivity contribution in [3.8, 4) is 0 Å². The summed E-state index contributed by atoms with van der Waals surface area (Å²) < 4.78 is 37.8. The molecule has 1 atom stereocenters. The number of nitro groups is 1. The van der Waals surface area contributed by atoms with Crippen LogP contribution >= 0.6 is 0 Å². The van der Waals surface area contributed by atoms with Crippen LogP contribution in [0.15, 0.2) is 18.2 Å². The first-order chi connectivity index (χ1) is 12.3. The normalized spacial score (nSPS) is 17.7. The van der Waals surface area contributed by atoms with Crippen LogP contribution < -0.4 is 0 Å². The molecule has 27 heavy (non-hydrogen) atoms. The molecular formula is C18H23F3N2O4. The fraction of sp³-hybridized carbons (Fsp3) is 0.611. The van der Waals surface area contributed by atoms with E-state index in [1.165, 1.54) is 17.0 Å². The summed E-state index contributed by atoms with van der Waals surface area (Å²) in [6.45, 7) is 5.60. The number of halogens is 3. The highest BCUT2D eigenvalue weighted by Crippen LogP contribution is 2.34. The number of benzene rings is 1. The Balaban J connectivity index is 2.15. The van der Waals surface area contributed by atoms with Crippen LogP contribution in [0.2, 0.25) is 0 Å². The Hall–Kier alpha value is -2.16. The molecule has 0 saturated carbocycles. The predicted molar refractivity (Wildman–Crippen MR) is 92.5 cm³/mol. The monoisotopic (exact) mass is 388 g/mol. The van der Waals surface area contributed by atoms with Crippen molar-refractivity contribution in [2.24, 2.45) is 5.92 Å². The zero-order chi connectivity index (χ0) is 20.6. The number of hydrogen-bond acceptors (Lipinski definition) is 4. The maximum absolute atomic E-state index is 12.6. The molecule has 6 nitrogen and oxygen atoms in total. The van der Waals surface area contributed by atoms with E-state index >= 15 is 0 Å². The molecule has 1 amide bonds. The molecular weight excluding hydrogens is 365 g/mol. The summed E-state index contributed by atoms with van der Waals surface area (Å²) in [7, 11) is 0. The molecule has 0 aromatic heterocycles. The molecule has 1 aromatic rings. The number of aliphatic hydroxyl groups is 1. The third kappa shape index (κ3) is 4.77. The minimum Gasteiger partial charge on any atom is -0.383 e. The molecule has 1 saturated heterocycles. The van der Waals surface area contributed by atoms with Crippen molar-refractivity contribution in [3.05, 3.63) is 39.4 Å². The number of alkyl halides is 3. The number of rotatable bonds is 3. The summed E-state index contributed by atoms with van der Waals surface area (Å²) in [5.74, 6) is -1.41. The summed E-state index contributed by atoms with van der Waals surface area (Å²) in [5.41, 5.74) is -0.00733. The first-order valence-corrected chi connectivity index (χ1v) is 8.65. The molecule has 9 heteroatoms. The SMILES string of the molecule is CC(C)(C)c1ccc(C(=O)N2CCC([C@H](O)C(F)(F)F)CC2)cc1[N+](=O)[O-]. The summed E-state index contributed by atoms with van der Waals surface area (Å²) in [5, 5.41) is 20.7. The lowest BCUT2D eigenvalue weighted by atomic mass is 9.85. The smallest absolute Gasteiger partial charge is 0.383 e. The van der Waals surface area contributed by atoms with Crippen molar-refractivity contribution in [2.75, 3.05) is 13.1 Å². The Morgan fingerprint density at radius 3 is 2.26 bits per heavy atom. The Morgan fingerprint density at radius 1 is 1.26 bits per heavy atom. The molecule has 2 rings (SSSR count). The quantitative estimate of drug-likeness (QED) is 0.633. The summed E-state index contributed by atoms with van der Waals surface area (Å²) in [4.78, 5) is 24.8. The Morgan fingerprint density at radius 2 is 1.81 bits per heavy atom. The molecule has 1 aliphatic rings. The van der Waals surface area contributed by atoms with Gasteiger partial charge >= 0.3 is 6.18 Å². The number of carbonyl (C=O) groups excluding carboxylic acids is 1. The number of nitrogens with zero attached hydrogens (tertiary/aromatic N) is 2. The standard InChI is InChI=1S/C18H23F3N2O4/c1-17(2,3)13-5-4-12(10-14(13)23(26)27)16(25)22-8-6-11(7-9-22)15(24)18(19,20)21/h4-5,10-11,15,24H,6-9H2,1-3H3/t15-/m0/s1. The number of nitro benzene ring substituents is 1. The van der Waals surface area contributed by atoms with Crippen molar-refractivity contribution in [2.45, 2.75) is 51.3 Å². The van der Waals surface area contributed by atoms with Gasteiger partial charge in [0.05, 0.1) is 4.92 Å². The van der Waals surface area contributed by atoms with Gasteiger partial charge in [-0.15, -0.1) is 0 Å². The fourth-order valence-electron chi connectivity index (χ4n) is 3.32. The lowest BCUT2D eigenvalue weighted by molar-refractivity contribution is -0.386. The minimum atomic E-state index is -4.68. The topological polar surface area (TPSA) is 83.7 Å². The maximum atomic E-state index is 12.6. The second-order valence-electron chi connectivity index (χ2n) is 7.86. The highest BCUT2D eigenvalue weighted by atomic mass is 19.4. The van der Waals surface area contributed by atoms with Gasteiger partial charge in [0, 0.05) is 30.3 Å². The van der Waals surface area contributed by atoms with Crippen LogP contribution in [0.4, 0.5) is 18.9 Å². The van der Waals surface area contributed by atoms with Crippen LogP contribution in [-0.2, 0) is 5.41 Å². The molecule has 1 heterocycles. The minimum absolute atomic E-state index is 0.0224. The molecule has 1 N–H and O–H groups in total. The van der Waals surface area contributed by atoms with Gasteiger partial charge in [-0.1, -0.05) is 26.8 Å². The number of aliphatic hydroxyl groups excluding tert-OH is 1. The zero-order valence-corrected chi connectivity index (χ0v) is 15.4. The van der Waals surface area contributed by atoms with Crippen LogP contribution in [0, 0.1) is 16.0 Å². The van der Waals surface area contributed by atoms with E-state index in [1.54, 1.807) is 6.07 Å². The van der Waals surface area contributed by atoms with Crippen molar-refractivity contribution in [1.82, 2.24) is 4.90 Å². The molecule has 0 unspecified atom stereocenters. The number of likely N-dealkylation sites (tertiary alicyclic amines) is 1.